The second kappa shape index (κ2) is 11.0. The molecule has 3 atom stereocenters. The first-order chi connectivity index (χ1) is 15.9. The fraction of sp³-hybridized carbons (Fsp3) is 0.417. The molecule has 4 N–H and O–H groups in total. The van der Waals surface area contributed by atoms with Crippen LogP contribution < -0.4 is 25.4 Å². The Bertz CT molecular complexity index is 966. The molecule has 0 bridgehead atoms. The topological polar surface area (TPSA) is 112 Å². The van der Waals surface area contributed by atoms with Crippen LogP contribution in [0.2, 0.25) is 0 Å². The summed E-state index contributed by atoms with van der Waals surface area (Å²) in [6, 6.07) is 11.2. The van der Waals surface area contributed by atoms with E-state index in [2.05, 4.69) is 16.0 Å². The Morgan fingerprint density at radius 3 is 2.61 bits per heavy atom. The van der Waals surface area contributed by atoms with Gasteiger partial charge in [-0.05, 0) is 50.4 Å². The first-order valence-corrected chi connectivity index (χ1v) is 11.0. The molecule has 3 rings (SSSR count). The van der Waals surface area contributed by atoms with Crippen molar-refractivity contribution in [3.05, 3.63) is 48.0 Å². The molecule has 0 aromatic heterocycles. The van der Waals surface area contributed by atoms with Crippen molar-refractivity contribution in [1.29, 1.82) is 0 Å². The van der Waals surface area contributed by atoms with Gasteiger partial charge in [0.1, 0.15) is 11.9 Å². The maximum Gasteiger partial charge on any atom is 0.323 e. The molecule has 1 aliphatic rings. The fourth-order valence-corrected chi connectivity index (χ4v) is 3.75. The molecule has 9 heteroatoms. The van der Waals surface area contributed by atoms with Gasteiger partial charge >= 0.3 is 6.03 Å². The number of anilines is 2. The smallest absolute Gasteiger partial charge is 0.323 e. The molecular formula is C24H32N4O5. The number of fused-ring (bicyclic) bond motifs is 1. The lowest BCUT2D eigenvalue weighted by atomic mass is 9.99. The van der Waals surface area contributed by atoms with Crippen LogP contribution in [-0.4, -0.2) is 67.9 Å². The van der Waals surface area contributed by atoms with E-state index in [0.717, 1.165) is 0 Å². The van der Waals surface area contributed by atoms with Crippen LogP contribution in [0.25, 0.3) is 0 Å². The zero-order chi connectivity index (χ0) is 24.0. The van der Waals surface area contributed by atoms with E-state index in [0.29, 0.717) is 41.5 Å². The molecule has 0 saturated carbocycles. The molecule has 0 radical (unpaired) electrons. The average molecular weight is 457 g/mol. The second-order valence-corrected chi connectivity index (χ2v) is 8.17. The third-order valence-electron chi connectivity index (χ3n) is 5.69. The number of nitrogens with one attached hydrogen (secondary N) is 3. The van der Waals surface area contributed by atoms with Crippen molar-refractivity contribution in [3.63, 3.8) is 0 Å². The van der Waals surface area contributed by atoms with Gasteiger partial charge in [-0.1, -0.05) is 13.0 Å². The Kier molecular flexibility index (Phi) is 8.13. The van der Waals surface area contributed by atoms with Crippen molar-refractivity contribution >= 4 is 23.3 Å². The van der Waals surface area contributed by atoms with E-state index in [-0.39, 0.29) is 30.6 Å². The summed E-state index contributed by atoms with van der Waals surface area (Å²) in [6.45, 7) is 4.67. The lowest BCUT2D eigenvalue weighted by Gasteiger charge is -2.37. The molecule has 3 amide bonds. The zero-order valence-corrected chi connectivity index (χ0v) is 19.4. The van der Waals surface area contributed by atoms with Crippen LogP contribution in [0.3, 0.4) is 0 Å². The van der Waals surface area contributed by atoms with Gasteiger partial charge in [0.05, 0.1) is 31.0 Å². The van der Waals surface area contributed by atoms with Crippen LogP contribution in [0.15, 0.2) is 42.5 Å². The number of benzene rings is 2. The Balaban J connectivity index is 1.91. The Morgan fingerprint density at radius 2 is 1.97 bits per heavy atom. The summed E-state index contributed by atoms with van der Waals surface area (Å²) in [5.41, 5.74) is 1.32. The monoisotopic (exact) mass is 456 g/mol. The minimum Gasteiger partial charge on any atom is -0.497 e. The van der Waals surface area contributed by atoms with Crippen LogP contribution in [0.1, 0.15) is 24.2 Å². The van der Waals surface area contributed by atoms with E-state index in [4.69, 9.17) is 9.47 Å². The van der Waals surface area contributed by atoms with Gasteiger partial charge in [-0.3, -0.25) is 4.79 Å². The van der Waals surface area contributed by atoms with E-state index < -0.39 is 6.03 Å². The number of rotatable bonds is 7. The molecular weight excluding hydrogens is 424 g/mol. The maximum atomic E-state index is 13.4. The summed E-state index contributed by atoms with van der Waals surface area (Å²) in [4.78, 5) is 27.7. The number of amides is 3. The van der Waals surface area contributed by atoms with Crippen LogP contribution in [-0.2, 0) is 0 Å². The molecule has 178 valence electrons. The quantitative estimate of drug-likeness (QED) is 0.510. The van der Waals surface area contributed by atoms with Crippen molar-refractivity contribution in [2.75, 3.05) is 44.5 Å². The lowest BCUT2D eigenvalue weighted by Crippen LogP contribution is -2.49. The second-order valence-electron chi connectivity index (χ2n) is 8.17. The standard InChI is InChI=1S/C24H32N4O5/c1-15-13-28(16(2)14-29)23(30)19-6-5-7-20(22(19)33-21(15)12-25-3)27-24(31)26-17-8-10-18(32-4)11-9-17/h5-11,15-16,21,25,29H,12-14H2,1-4H3,(H2,26,27,31)/t15-,16-,21+/m0/s1. The van der Waals surface area contributed by atoms with Gasteiger partial charge in [0, 0.05) is 24.7 Å². The summed E-state index contributed by atoms with van der Waals surface area (Å²) in [5.74, 6) is 0.739. The number of carbonyl (C=O) groups is 2. The number of nitrogens with zero attached hydrogens (tertiary/aromatic N) is 1. The van der Waals surface area contributed by atoms with Crippen LogP contribution in [0.4, 0.5) is 16.2 Å². The van der Waals surface area contributed by atoms with E-state index in [1.807, 2.05) is 20.9 Å². The van der Waals surface area contributed by atoms with E-state index in [1.165, 1.54) is 0 Å². The summed E-state index contributed by atoms with van der Waals surface area (Å²) in [5, 5.41) is 18.4. The fourth-order valence-electron chi connectivity index (χ4n) is 3.75. The average Bonchev–Trinajstić information content (AvgIpc) is 2.81. The maximum absolute atomic E-state index is 13.4. The van der Waals surface area contributed by atoms with Crippen LogP contribution in [0.5, 0.6) is 11.5 Å². The molecule has 0 spiro atoms. The molecule has 0 saturated heterocycles. The highest BCUT2D eigenvalue weighted by atomic mass is 16.5. The Morgan fingerprint density at radius 1 is 1.24 bits per heavy atom. The first-order valence-electron chi connectivity index (χ1n) is 11.0. The molecule has 0 aliphatic carbocycles. The lowest BCUT2D eigenvalue weighted by molar-refractivity contribution is 0.0417. The molecule has 2 aromatic carbocycles. The van der Waals surface area contributed by atoms with Crippen molar-refractivity contribution in [1.82, 2.24) is 10.2 Å². The highest BCUT2D eigenvalue weighted by molar-refractivity contribution is 6.04. The zero-order valence-electron chi connectivity index (χ0n) is 19.4. The summed E-state index contributed by atoms with van der Waals surface area (Å²) >= 11 is 0. The van der Waals surface area contributed by atoms with Gasteiger partial charge in [0.25, 0.3) is 5.91 Å². The van der Waals surface area contributed by atoms with Gasteiger partial charge in [-0.25, -0.2) is 4.79 Å². The SMILES string of the molecule is CNC[C@H]1Oc2c(NC(=O)Nc3ccc(OC)cc3)cccc2C(=O)N([C@@H](C)CO)C[C@@H]1C. The molecule has 0 unspecified atom stereocenters. The highest BCUT2D eigenvalue weighted by Gasteiger charge is 2.33. The Labute approximate surface area is 194 Å². The van der Waals surface area contributed by atoms with Gasteiger partial charge in [-0.15, -0.1) is 0 Å². The van der Waals surface area contributed by atoms with Crippen molar-refractivity contribution in [2.24, 2.45) is 5.92 Å². The number of urea groups is 1. The molecule has 0 fully saturated rings. The predicted octanol–water partition coefficient (Wildman–Crippen LogP) is 2.78. The number of methoxy groups -OCH3 is 1. The summed E-state index contributed by atoms with van der Waals surface area (Å²) < 4.78 is 11.4. The van der Waals surface area contributed by atoms with Crippen molar-refractivity contribution in [3.8, 4) is 11.5 Å². The number of ether oxygens (including phenoxy) is 2. The largest absolute Gasteiger partial charge is 0.497 e. The minimum atomic E-state index is -0.467. The van der Waals surface area contributed by atoms with Crippen molar-refractivity contribution in [2.45, 2.75) is 26.0 Å². The number of hydrogen-bond donors (Lipinski definition) is 4. The van der Waals surface area contributed by atoms with Crippen molar-refractivity contribution < 1.29 is 24.2 Å². The molecule has 1 aliphatic heterocycles. The highest BCUT2D eigenvalue weighted by Crippen LogP contribution is 2.34. The normalized spacial score (nSPS) is 18.9. The summed E-state index contributed by atoms with van der Waals surface area (Å²) in [7, 11) is 3.41. The number of likely N-dealkylation sites (N-methyl/N-ethyl adjacent to an activating group) is 1. The van der Waals surface area contributed by atoms with Gasteiger partial charge in [0.2, 0.25) is 0 Å². The molecule has 33 heavy (non-hydrogen) atoms. The number of aliphatic hydroxyl groups is 1. The predicted molar refractivity (Wildman–Crippen MR) is 127 cm³/mol. The Hall–Kier alpha value is -3.30. The molecule has 2 aromatic rings. The third kappa shape index (κ3) is 5.74. The number of aliphatic hydroxyl groups excluding tert-OH is 1. The number of hydrogen-bond acceptors (Lipinski definition) is 6. The number of para-hydroxylation sites is 1. The number of carbonyl (C=O) groups excluding carboxylic acids is 2. The first kappa shape index (κ1) is 24.3. The van der Waals surface area contributed by atoms with E-state index in [1.54, 1.807) is 54.5 Å². The van der Waals surface area contributed by atoms with Gasteiger partial charge in [-0.2, -0.15) is 0 Å². The van der Waals surface area contributed by atoms with E-state index in [9.17, 15) is 14.7 Å². The van der Waals surface area contributed by atoms with E-state index >= 15 is 0 Å². The van der Waals surface area contributed by atoms with Crippen LogP contribution >= 0.6 is 0 Å². The third-order valence-corrected chi connectivity index (χ3v) is 5.69. The van der Waals surface area contributed by atoms with Gasteiger partial charge in [0.15, 0.2) is 5.75 Å². The molecule has 1 heterocycles. The van der Waals surface area contributed by atoms with Crippen LogP contribution in [0, 0.1) is 5.92 Å². The minimum absolute atomic E-state index is 0.00951. The van der Waals surface area contributed by atoms with Gasteiger partial charge < -0.3 is 35.4 Å². The molecule has 9 nitrogen and oxygen atoms in total. The summed E-state index contributed by atoms with van der Waals surface area (Å²) in [6.07, 6.45) is -0.247.